The summed E-state index contributed by atoms with van der Waals surface area (Å²) >= 11 is 0. The number of carbonyl (C=O) groups is 2. The van der Waals surface area contributed by atoms with Crippen molar-refractivity contribution in [2.24, 2.45) is 0 Å². The molecule has 3 saturated heterocycles. The second-order valence-electron chi connectivity index (χ2n) is 11.9. The first-order chi connectivity index (χ1) is 21.2. The van der Waals surface area contributed by atoms with E-state index < -0.39 is 67.0 Å². The first-order valence-corrected chi connectivity index (χ1v) is 15.6. The van der Waals surface area contributed by atoms with Gasteiger partial charge in [0.2, 0.25) is 12.6 Å². The van der Waals surface area contributed by atoms with Crippen molar-refractivity contribution in [1.82, 2.24) is 4.90 Å². The van der Waals surface area contributed by atoms with Crippen LogP contribution in [0.4, 0.5) is 4.79 Å². The van der Waals surface area contributed by atoms with Gasteiger partial charge < -0.3 is 42.6 Å². The maximum Gasteiger partial charge on any atom is 0.411 e. The maximum atomic E-state index is 13.4. The number of rotatable bonds is 14. The molecule has 1 aromatic carbocycles. The van der Waals surface area contributed by atoms with E-state index in [1.54, 1.807) is 4.90 Å². The molecule has 8 atom stereocenters. The fourth-order valence-corrected chi connectivity index (χ4v) is 5.81. The van der Waals surface area contributed by atoms with Gasteiger partial charge in [-0.1, -0.05) is 57.0 Å². The van der Waals surface area contributed by atoms with E-state index in [-0.39, 0.29) is 13.2 Å². The van der Waals surface area contributed by atoms with E-state index in [2.05, 4.69) is 13.8 Å². The van der Waals surface area contributed by atoms with E-state index >= 15 is 0 Å². The Kier molecular flexibility index (Phi) is 10.7. The lowest BCUT2D eigenvalue weighted by atomic mass is 9.96. The lowest BCUT2D eigenvalue weighted by molar-refractivity contribution is -0.272. The molecule has 44 heavy (non-hydrogen) atoms. The molecule has 0 saturated carbocycles. The third kappa shape index (κ3) is 7.48. The van der Waals surface area contributed by atoms with Gasteiger partial charge >= 0.3 is 12.1 Å². The highest BCUT2D eigenvalue weighted by Crippen LogP contribution is 2.41. The van der Waals surface area contributed by atoms with Gasteiger partial charge in [-0.2, -0.15) is 0 Å². The molecular formula is C32H45NO11. The topological polar surface area (TPSA) is 120 Å². The highest BCUT2D eigenvalue weighted by Gasteiger charge is 2.60. The molecule has 3 unspecified atom stereocenters. The fraction of sp³-hybridized carbons (Fsp3) is 0.688. The van der Waals surface area contributed by atoms with Crippen molar-refractivity contribution < 1.29 is 52.2 Å². The van der Waals surface area contributed by atoms with Gasteiger partial charge in [-0.15, -0.1) is 0 Å². The van der Waals surface area contributed by atoms with Crippen LogP contribution in [0.3, 0.4) is 0 Å². The summed E-state index contributed by atoms with van der Waals surface area (Å²) in [6.07, 6.45) is -1.03. The Morgan fingerprint density at radius 1 is 1.02 bits per heavy atom. The molecule has 12 nitrogen and oxygen atoms in total. The zero-order valence-corrected chi connectivity index (χ0v) is 26.2. The van der Waals surface area contributed by atoms with Crippen molar-refractivity contribution in [2.45, 2.75) is 122 Å². The molecule has 1 aromatic rings. The molecule has 0 aliphatic carbocycles. The molecule has 0 bridgehead atoms. The number of fused-ring (bicyclic) bond motifs is 2. The molecule has 4 aliphatic heterocycles. The zero-order valence-electron chi connectivity index (χ0n) is 26.2. The minimum absolute atomic E-state index is 0.110. The van der Waals surface area contributed by atoms with Crippen LogP contribution in [-0.4, -0.2) is 91.7 Å². The predicted octanol–water partition coefficient (Wildman–Crippen LogP) is 4.40. The van der Waals surface area contributed by atoms with Crippen LogP contribution < -0.4 is 0 Å². The van der Waals surface area contributed by atoms with Crippen molar-refractivity contribution in [1.29, 1.82) is 0 Å². The van der Waals surface area contributed by atoms with Crippen LogP contribution in [0.15, 0.2) is 42.4 Å². The van der Waals surface area contributed by atoms with Crippen molar-refractivity contribution >= 4 is 12.1 Å². The summed E-state index contributed by atoms with van der Waals surface area (Å²) in [5.74, 6) is -1.07. The summed E-state index contributed by atoms with van der Waals surface area (Å²) in [6.45, 7) is 10.4. The van der Waals surface area contributed by atoms with E-state index in [4.69, 9.17) is 42.6 Å². The summed E-state index contributed by atoms with van der Waals surface area (Å²) in [5, 5.41) is 0. The number of ether oxygens (including phenoxy) is 9. The van der Waals surface area contributed by atoms with Crippen LogP contribution >= 0.6 is 0 Å². The number of unbranched alkanes of at least 4 members (excludes halogenated alkanes) is 2. The van der Waals surface area contributed by atoms with Gasteiger partial charge in [-0.3, -0.25) is 9.69 Å². The van der Waals surface area contributed by atoms with Gasteiger partial charge in [-0.05, 0) is 32.3 Å². The van der Waals surface area contributed by atoms with Gasteiger partial charge in [0.25, 0.3) is 0 Å². The molecule has 4 heterocycles. The van der Waals surface area contributed by atoms with Gasteiger partial charge in [0, 0.05) is 26.7 Å². The lowest BCUT2D eigenvalue weighted by Gasteiger charge is -2.44. The lowest BCUT2D eigenvalue weighted by Crippen LogP contribution is -2.62. The number of hydrogen-bond donors (Lipinski definition) is 0. The van der Waals surface area contributed by atoms with E-state index in [9.17, 15) is 9.59 Å². The second kappa shape index (κ2) is 14.5. The molecule has 4 aliphatic rings. The number of hydrogen-bond acceptors (Lipinski definition) is 11. The van der Waals surface area contributed by atoms with Crippen molar-refractivity contribution in [3.63, 3.8) is 0 Å². The third-order valence-electron chi connectivity index (χ3n) is 7.90. The number of carbonyl (C=O) groups excluding carboxylic acids is 2. The Morgan fingerprint density at radius 3 is 2.50 bits per heavy atom. The largest absolute Gasteiger partial charge is 0.466 e. The highest BCUT2D eigenvalue weighted by molar-refractivity contribution is 5.71. The minimum atomic E-state index is -1.04. The molecule has 5 rings (SSSR count). The highest BCUT2D eigenvalue weighted by atomic mass is 16.8. The molecule has 244 valence electrons. The molecule has 3 fully saturated rings. The molecule has 0 spiro atoms. The third-order valence-corrected chi connectivity index (χ3v) is 7.90. The smallest absolute Gasteiger partial charge is 0.411 e. The fourth-order valence-electron chi connectivity index (χ4n) is 5.81. The number of benzene rings is 1. The summed E-state index contributed by atoms with van der Waals surface area (Å²) in [5.41, 5.74) is 0.889. The summed E-state index contributed by atoms with van der Waals surface area (Å²) in [7, 11) is 0. The summed E-state index contributed by atoms with van der Waals surface area (Å²) in [4.78, 5) is 27.2. The Labute approximate surface area is 258 Å². The first-order valence-electron chi connectivity index (χ1n) is 15.6. The van der Waals surface area contributed by atoms with E-state index in [0.717, 1.165) is 31.2 Å². The standard InChI is InChI=1S/C32H45NO11/c1-6-8-15-36-18-22-26(39-20(3)34)27-24(33(31(35)42-27)17-21-13-11-10-12-14-21)29(40-22)41-23-19-38-30-28(43-32(4,5)44-30)25(23)37-16-9-7-2/h10-14,19,22,24-30H,6-9,15-18H2,1-5H3/t22?,24-,25?,26+,27?,28-,29+,30+/m0/s1. The normalized spacial score (nSPS) is 32.2. The van der Waals surface area contributed by atoms with Crippen LogP contribution in [0.2, 0.25) is 0 Å². The van der Waals surface area contributed by atoms with Crippen molar-refractivity contribution in [2.75, 3.05) is 19.8 Å². The van der Waals surface area contributed by atoms with E-state index in [0.29, 0.717) is 19.0 Å². The molecular weight excluding hydrogens is 574 g/mol. The van der Waals surface area contributed by atoms with E-state index in [1.807, 2.05) is 44.2 Å². The van der Waals surface area contributed by atoms with Crippen molar-refractivity contribution in [3.05, 3.63) is 47.9 Å². The average molecular weight is 620 g/mol. The first kappa shape index (κ1) is 32.5. The summed E-state index contributed by atoms with van der Waals surface area (Å²) < 4.78 is 54.9. The zero-order chi connectivity index (χ0) is 31.3. The van der Waals surface area contributed by atoms with Gasteiger partial charge in [0.15, 0.2) is 36.0 Å². The molecule has 1 amide bonds. The molecule has 12 heteroatoms. The summed E-state index contributed by atoms with van der Waals surface area (Å²) in [6, 6.07) is 8.77. The van der Waals surface area contributed by atoms with Crippen LogP contribution in [0.1, 0.15) is 65.9 Å². The predicted molar refractivity (Wildman–Crippen MR) is 155 cm³/mol. The average Bonchev–Trinajstić information content (AvgIpc) is 3.49. The monoisotopic (exact) mass is 619 g/mol. The van der Waals surface area contributed by atoms with E-state index in [1.165, 1.54) is 13.2 Å². The van der Waals surface area contributed by atoms with Crippen LogP contribution in [0.5, 0.6) is 0 Å². The Morgan fingerprint density at radius 2 is 1.77 bits per heavy atom. The van der Waals surface area contributed by atoms with Crippen LogP contribution in [0.25, 0.3) is 0 Å². The number of amides is 1. The van der Waals surface area contributed by atoms with Crippen LogP contribution in [0, 0.1) is 0 Å². The Hall–Kier alpha value is -2.90. The Balaban J connectivity index is 1.45. The molecule has 0 N–H and O–H groups in total. The Bertz CT molecular complexity index is 1140. The SMILES string of the molecule is CCCCOCC1O[C@H](OC2=CO[C@@H]3OC(C)(C)O[C@H]3C2OCCCC)[C@@H]2C(OC(=O)N2Cc2ccccc2)[C@@H]1OC(C)=O. The minimum Gasteiger partial charge on any atom is -0.466 e. The van der Waals surface area contributed by atoms with Gasteiger partial charge in [0.1, 0.15) is 18.4 Å². The second-order valence-corrected chi connectivity index (χ2v) is 11.9. The van der Waals surface area contributed by atoms with Gasteiger partial charge in [0.05, 0.1) is 6.61 Å². The quantitative estimate of drug-likeness (QED) is 0.218. The maximum absolute atomic E-state index is 13.4. The molecule has 0 radical (unpaired) electrons. The molecule has 0 aromatic heterocycles. The number of nitrogens with zero attached hydrogens (tertiary/aromatic N) is 1. The number of esters is 1. The van der Waals surface area contributed by atoms with Crippen molar-refractivity contribution in [3.8, 4) is 0 Å². The van der Waals surface area contributed by atoms with Crippen LogP contribution in [-0.2, 0) is 54.0 Å². The van der Waals surface area contributed by atoms with Gasteiger partial charge in [-0.25, -0.2) is 4.79 Å².